The topological polar surface area (TPSA) is 95.6 Å². The summed E-state index contributed by atoms with van der Waals surface area (Å²) in [7, 11) is 4.69. The summed E-state index contributed by atoms with van der Waals surface area (Å²) in [5.41, 5.74) is 4.77. The number of benzene rings is 2. The van der Waals surface area contributed by atoms with Crippen LogP contribution in [0.25, 0.3) is 0 Å². The molecule has 0 saturated heterocycles. The van der Waals surface area contributed by atoms with Gasteiger partial charge in [0.05, 0.1) is 27.9 Å². The molecule has 9 heteroatoms. The first-order chi connectivity index (χ1) is 16.5. The molecular weight excluding hydrogens is 440 g/mol. The molecule has 2 aromatic rings. The molecule has 0 aliphatic carbocycles. The van der Waals surface area contributed by atoms with Gasteiger partial charge in [0, 0.05) is 18.7 Å². The van der Waals surface area contributed by atoms with E-state index in [2.05, 4.69) is 12.4 Å². The Balaban J connectivity index is 1.52. The van der Waals surface area contributed by atoms with Crippen LogP contribution in [0.1, 0.15) is 41.3 Å². The monoisotopic (exact) mass is 472 g/mol. The molecule has 1 heterocycles. The Bertz CT molecular complexity index is 1010. The van der Waals surface area contributed by atoms with E-state index in [1.54, 1.807) is 37.3 Å². The number of hydrogen-bond donors (Lipinski definition) is 1. The van der Waals surface area contributed by atoms with Crippen LogP contribution in [0.5, 0.6) is 23.0 Å². The van der Waals surface area contributed by atoms with Crippen molar-refractivity contribution in [1.82, 2.24) is 10.4 Å². The molecular formula is C25H32N2O7. The van der Waals surface area contributed by atoms with E-state index in [1.807, 2.05) is 12.1 Å². The quantitative estimate of drug-likeness (QED) is 0.397. The highest BCUT2D eigenvalue weighted by atomic mass is 16.7. The van der Waals surface area contributed by atoms with Crippen molar-refractivity contribution in [3.63, 3.8) is 0 Å². The van der Waals surface area contributed by atoms with Crippen LogP contribution < -0.4 is 24.4 Å². The molecule has 0 saturated carbocycles. The summed E-state index contributed by atoms with van der Waals surface area (Å²) in [6.45, 7) is 3.37. The second-order valence-electron chi connectivity index (χ2n) is 7.83. The Labute approximate surface area is 199 Å². The summed E-state index contributed by atoms with van der Waals surface area (Å²) in [5, 5.41) is 0. The van der Waals surface area contributed by atoms with Gasteiger partial charge in [-0.15, -0.1) is 0 Å². The lowest BCUT2D eigenvalue weighted by molar-refractivity contribution is -0.138. The molecule has 0 fully saturated rings. The van der Waals surface area contributed by atoms with Gasteiger partial charge in [0.25, 0.3) is 11.8 Å². The van der Waals surface area contributed by atoms with Gasteiger partial charge in [0.2, 0.25) is 0 Å². The highest BCUT2D eigenvalue weighted by Gasteiger charge is 2.23. The van der Waals surface area contributed by atoms with E-state index in [9.17, 15) is 9.59 Å². The van der Waals surface area contributed by atoms with Crippen molar-refractivity contribution in [2.24, 2.45) is 0 Å². The van der Waals surface area contributed by atoms with E-state index < -0.39 is 5.91 Å². The lowest BCUT2D eigenvalue weighted by atomic mass is 9.99. The molecule has 2 amide bonds. The fourth-order valence-corrected chi connectivity index (χ4v) is 3.66. The first-order valence-electron chi connectivity index (χ1n) is 11.2. The third-order valence-corrected chi connectivity index (χ3v) is 5.61. The summed E-state index contributed by atoms with van der Waals surface area (Å²) in [5.74, 6) is 1.62. The zero-order valence-corrected chi connectivity index (χ0v) is 20.1. The van der Waals surface area contributed by atoms with E-state index in [0.29, 0.717) is 54.7 Å². The van der Waals surface area contributed by atoms with Crippen LogP contribution in [0, 0.1) is 0 Å². The maximum absolute atomic E-state index is 12.6. The summed E-state index contributed by atoms with van der Waals surface area (Å²) < 4.78 is 21.7. The van der Waals surface area contributed by atoms with Crippen molar-refractivity contribution in [1.29, 1.82) is 0 Å². The zero-order chi connectivity index (χ0) is 24.5. The van der Waals surface area contributed by atoms with Crippen molar-refractivity contribution in [2.75, 3.05) is 41.1 Å². The van der Waals surface area contributed by atoms with Gasteiger partial charge in [0.15, 0.2) is 29.6 Å². The summed E-state index contributed by atoms with van der Waals surface area (Å²) in [6, 6.07) is 8.71. The van der Waals surface area contributed by atoms with Gasteiger partial charge in [-0.2, -0.15) is 0 Å². The molecule has 0 unspecified atom stereocenters. The minimum absolute atomic E-state index is 0.224. The van der Waals surface area contributed by atoms with E-state index in [-0.39, 0.29) is 12.5 Å². The Kier molecular flexibility index (Phi) is 8.98. The molecule has 0 atom stereocenters. The largest absolute Gasteiger partial charge is 0.493 e. The van der Waals surface area contributed by atoms with Gasteiger partial charge in [-0.1, -0.05) is 13.3 Å². The lowest BCUT2D eigenvalue weighted by Gasteiger charge is -2.29. The van der Waals surface area contributed by atoms with Gasteiger partial charge >= 0.3 is 0 Å². The number of nitrogens with zero attached hydrogens (tertiary/aromatic N) is 1. The Hall–Kier alpha value is -3.46. The predicted molar refractivity (Wildman–Crippen MR) is 125 cm³/mol. The van der Waals surface area contributed by atoms with Gasteiger partial charge in [-0.3, -0.25) is 14.4 Å². The molecule has 0 bridgehead atoms. The molecule has 0 spiro atoms. The van der Waals surface area contributed by atoms with Crippen molar-refractivity contribution in [2.45, 2.75) is 32.7 Å². The van der Waals surface area contributed by atoms with E-state index >= 15 is 0 Å². The normalized spacial score (nSPS) is 12.5. The van der Waals surface area contributed by atoms with Crippen molar-refractivity contribution in [3.05, 3.63) is 47.0 Å². The maximum atomic E-state index is 12.6. The van der Waals surface area contributed by atoms with Gasteiger partial charge in [0.1, 0.15) is 0 Å². The number of nitrogens with one attached hydrogen (secondary N) is 1. The standard InChI is InChI=1S/C25H32N2O7/c1-5-6-11-33-20-8-7-18(13-21(20)30-2)25(29)26-34-16-24(28)27-10-9-17-12-22(31-3)23(32-4)14-19(17)15-27/h7-8,12-14H,5-6,9-11,15-16H2,1-4H3,(H,26,29). The number of fused-ring (bicyclic) bond motifs is 1. The minimum Gasteiger partial charge on any atom is -0.493 e. The zero-order valence-electron chi connectivity index (χ0n) is 20.1. The van der Waals surface area contributed by atoms with Crippen LogP contribution in [0.15, 0.2) is 30.3 Å². The van der Waals surface area contributed by atoms with Gasteiger partial charge < -0.3 is 23.8 Å². The van der Waals surface area contributed by atoms with E-state index in [4.69, 9.17) is 23.8 Å². The van der Waals surface area contributed by atoms with E-state index in [0.717, 1.165) is 24.0 Å². The first-order valence-corrected chi connectivity index (χ1v) is 11.2. The molecule has 34 heavy (non-hydrogen) atoms. The van der Waals surface area contributed by atoms with Gasteiger partial charge in [-0.25, -0.2) is 5.48 Å². The fourth-order valence-electron chi connectivity index (χ4n) is 3.66. The van der Waals surface area contributed by atoms with Crippen LogP contribution >= 0.6 is 0 Å². The van der Waals surface area contributed by atoms with Crippen molar-refractivity contribution < 1.29 is 33.4 Å². The number of hydroxylamine groups is 1. The van der Waals surface area contributed by atoms with Crippen molar-refractivity contribution in [3.8, 4) is 23.0 Å². The van der Waals surface area contributed by atoms with Crippen molar-refractivity contribution >= 4 is 11.8 Å². The fraction of sp³-hybridized carbons (Fsp3) is 0.440. The number of carbonyl (C=O) groups excluding carboxylic acids is 2. The van der Waals surface area contributed by atoms with Crippen LogP contribution in [-0.4, -0.2) is 57.8 Å². The molecule has 9 nitrogen and oxygen atoms in total. The number of unbranched alkanes of at least 4 members (excludes halogenated alkanes) is 1. The second kappa shape index (κ2) is 12.1. The summed E-state index contributed by atoms with van der Waals surface area (Å²) >= 11 is 0. The highest BCUT2D eigenvalue weighted by Crippen LogP contribution is 2.33. The number of ether oxygens (including phenoxy) is 4. The second-order valence-corrected chi connectivity index (χ2v) is 7.83. The predicted octanol–water partition coefficient (Wildman–Crippen LogP) is 3.14. The van der Waals surface area contributed by atoms with Crippen LogP contribution in [-0.2, 0) is 22.6 Å². The molecule has 2 aromatic carbocycles. The minimum atomic E-state index is -0.480. The number of amides is 2. The molecule has 3 rings (SSSR count). The maximum Gasteiger partial charge on any atom is 0.274 e. The molecule has 1 N–H and O–H groups in total. The van der Waals surface area contributed by atoms with Crippen LogP contribution in [0.4, 0.5) is 0 Å². The highest BCUT2D eigenvalue weighted by molar-refractivity contribution is 5.94. The summed E-state index contributed by atoms with van der Waals surface area (Å²) in [4.78, 5) is 32.0. The third-order valence-electron chi connectivity index (χ3n) is 5.61. The number of rotatable bonds is 11. The lowest BCUT2D eigenvalue weighted by Crippen LogP contribution is -2.40. The molecule has 1 aliphatic rings. The molecule has 184 valence electrons. The Morgan fingerprint density at radius 3 is 2.29 bits per heavy atom. The Morgan fingerprint density at radius 2 is 1.62 bits per heavy atom. The Morgan fingerprint density at radius 1 is 0.941 bits per heavy atom. The SMILES string of the molecule is CCCCOc1ccc(C(=O)NOCC(=O)N2CCc3cc(OC)c(OC)cc3C2)cc1OC. The van der Waals surface area contributed by atoms with Gasteiger partial charge in [-0.05, 0) is 54.3 Å². The molecule has 0 radical (unpaired) electrons. The number of methoxy groups -OCH3 is 3. The average molecular weight is 473 g/mol. The average Bonchev–Trinajstić information content (AvgIpc) is 2.87. The van der Waals surface area contributed by atoms with Crippen LogP contribution in [0.3, 0.4) is 0 Å². The molecule has 0 aromatic heterocycles. The summed E-state index contributed by atoms with van der Waals surface area (Å²) in [6.07, 6.45) is 2.64. The number of hydrogen-bond acceptors (Lipinski definition) is 7. The molecule has 1 aliphatic heterocycles. The third kappa shape index (κ3) is 6.11. The van der Waals surface area contributed by atoms with Crippen LogP contribution in [0.2, 0.25) is 0 Å². The first kappa shape index (κ1) is 25.2. The van der Waals surface area contributed by atoms with E-state index in [1.165, 1.54) is 7.11 Å². The number of carbonyl (C=O) groups is 2. The smallest absolute Gasteiger partial charge is 0.274 e.